The highest BCUT2D eigenvalue weighted by Crippen LogP contribution is 2.33. The average Bonchev–Trinajstić information content (AvgIpc) is 3.51. The molecule has 224 valence electrons. The van der Waals surface area contributed by atoms with E-state index >= 15 is 8.78 Å². The molecular weight excluding hydrogens is 566 g/mol. The highest BCUT2D eigenvalue weighted by molar-refractivity contribution is 5.96. The van der Waals surface area contributed by atoms with Crippen LogP contribution in [0.3, 0.4) is 0 Å². The maximum Gasteiger partial charge on any atom is 0.414 e. The molecule has 3 aromatic carbocycles. The molecule has 5 rings (SSSR count). The fourth-order valence-electron chi connectivity index (χ4n) is 4.83. The number of hydrogen-bond donors (Lipinski definition) is 4. The zero-order valence-electron chi connectivity index (χ0n) is 22.9. The van der Waals surface area contributed by atoms with Crippen LogP contribution in [0.5, 0.6) is 0 Å². The van der Waals surface area contributed by atoms with E-state index in [-0.39, 0.29) is 60.2 Å². The van der Waals surface area contributed by atoms with Gasteiger partial charge in [0.25, 0.3) is 5.91 Å². The third-order valence-corrected chi connectivity index (χ3v) is 6.88. The molecule has 6 N–H and O–H groups in total. The quantitative estimate of drug-likeness (QED) is 0.289. The zero-order valence-corrected chi connectivity index (χ0v) is 22.9. The second-order valence-electron chi connectivity index (χ2n) is 10.1. The van der Waals surface area contributed by atoms with Crippen LogP contribution < -0.4 is 31.9 Å². The summed E-state index contributed by atoms with van der Waals surface area (Å²) in [6.45, 7) is 1.59. The van der Waals surface area contributed by atoms with Gasteiger partial charge in [-0.25, -0.2) is 18.4 Å². The van der Waals surface area contributed by atoms with Crippen LogP contribution in [0.2, 0.25) is 0 Å². The van der Waals surface area contributed by atoms with Crippen molar-refractivity contribution in [1.82, 2.24) is 10.6 Å². The molecule has 2 atom stereocenters. The van der Waals surface area contributed by atoms with Gasteiger partial charge in [-0.15, -0.1) is 0 Å². The standard InChI is InChI=1S/C29H28F2N6O6/c1-15(38)34-11-21-13-36(28(40)42-21)19-2-4-23(25(30)9-19)24-5-3-20(10-26(24)31)37-14-22(43-29(37)41)12-35-27(39)16-6-17(32)8-18(33)7-16/h2-10,21-22H,11-14,32-33H2,1H3,(H,34,38)(H,35,39)/t21-,22-/m0/s1. The number of cyclic esters (lactones) is 2. The van der Waals surface area contributed by atoms with Crippen LogP contribution in [0, 0.1) is 11.6 Å². The van der Waals surface area contributed by atoms with Crippen LogP contribution in [0.4, 0.5) is 41.1 Å². The molecule has 3 aromatic rings. The van der Waals surface area contributed by atoms with Gasteiger partial charge < -0.3 is 31.6 Å². The van der Waals surface area contributed by atoms with E-state index in [4.69, 9.17) is 20.9 Å². The predicted molar refractivity (Wildman–Crippen MR) is 153 cm³/mol. The summed E-state index contributed by atoms with van der Waals surface area (Å²) in [6, 6.07) is 12.2. The third kappa shape index (κ3) is 6.42. The van der Waals surface area contributed by atoms with Crippen molar-refractivity contribution in [2.24, 2.45) is 0 Å². The molecule has 0 spiro atoms. The summed E-state index contributed by atoms with van der Waals surface area (Å²) in [4.78, 5) is 50.8. The van der Waals surface area contributed by atoms with E-state index in [1.165, 1.54) is 59.2 Å². The fourth-order valence-corrected chi connectivity index (χ4v) is 4.83. The fraction of sp³-hybridized carbons (Fsp3) is 0.241. The van der Waals surface area contributed by atoms with Gasteiger partial charge in [0.15, 0.2) is 0 Å². The highest BCUT2D eigenvalue weighted by atomic mass is 19.1. The summed E-state index contributed by atoms with van der Waals surface area (Å²) in [6.07, 6.45) is -2.73. The van der Waals surface area contributed by atoms with Gasteiger partial charge >= 0.3 is 12.2 Å². The minimum absolute atomic E-state index is 0.00749. The van der Waals surface area contributed by atoms with Gasteiger partial charge in [-0.2, -0.15) is 0 Å². The Hall–Kier alpha value is -5.40. The smallest absolute Gasteiger partial charge is 0.414 e. The van der Waals surface area contributed by atoms with Crippen LogP contribution in [0.15, 0.2) is 54.6 Å². The van der Waals surface area contributed by atoms with E-state index in [1.807, 2.05) is 0 Å². The summed E-state index contributed by atoms with van der Waals surface area (Å²) < 4.78 is 40.9. The van der Waals surface area contributed by atoms with Crippen LogP contribution >= 0.6 is 0 Å². The SMILES string of the molecule is CC(=O)NC[C@H]1CN(c2ccc(-c3ccc(N4C[C@H](CNC(=O)c5cc(N)cc(N)c5)OC4=O)cc3F)c(F)c2)C(=O)O1. The zero-order chi connectivity index (χ0) is 30.8. The number of ether oxygens (including phenoxy) is 2. The number of nitrogens with zero attached hydrogens (tertiary/aromatic N) is 2. The summed E-state index contributed by atoms with van der Waals surface area (Å²) >= 11 is 0. The maximum atomic E-state index is 15.2. The molecule has 14 heteroatoms. The maximum absolute atomic E-state index is 15.2. The first-order valence-electron chi connectivity index (χ1n) is 13.2. The number of amides is 4. The van der Waals surface area contributed by atoms with Gasteiger partial charge in [0.2, 0.25) is 5.91 Å². The van der Waals surface area contributed by atoms with Crippen molar-refractivity contribution in [2.45, 2.75) is 19.1 Å². The summed E-state index contributed by atoms with van der Waals surface area (Å²) in [5.74, 6) is -2.29. The molecule has 2 aliphatic rings. The lowest BCUT2D eigenvalue weighted by Gasteiger charge is -2.16. The van der Waals surface area contributed by atoms with E-state index in [9.17, 15) is 19.2 Å². The summed E-state index contributed by atoms with van der Waals surface area (Å²) in [5, 5.41) is 5.22. The summed E-state index contributed by atoms with van der Waals surface area (Å²) in [5.41, 5.74) is 12.7. The largest absolute Gasteiger partial charge is 0.442 e. The molecule has 4 amide bonds. The molecule has 0 bridgehead atoms. The van der Waals surface area contributed by atoms with Gasteiger partial charge in [0.1, 0.15) is 23.8 Å². The Morgan fingerprint density at radius 2 is 1.26 bits per heavy atom. The van der Waals surface area contributed by atoms with Crippen LogP contribution in [0.25, 0.3) is 11.1 Å². The van der Waals surface area contributed by atoms with Crippen molar-refractivity contribution in [3.8, 4) is 11.1 Å². The Kier molecular flexibility index (Phi) is 8.01. The Morgan fingerprint density at radius 3 is 1.70 bits per heavy atom. The van der Waals surface area contributed by atoms with Crippen LogP contribution in [-0.2, 0) is 14.3 Å². The van der Waals surface area contributed by atoms with Crippen molar-refractivity contribution in [3.63, 3.8) is 0 Å². The number of nitrogens with two attached hydrogens (primary N) is 2. The Labute approximate surface area is 244 Å². The lowest BCUT2D eigenvalue weighted by Crippen LogP contribution is -2.34. The van der Waals surface area contributed by atoms with Gasteiger partial charge in [-0.3, -0.25) is 19.4 Å². The predicted octanol–water partition coefficient (Wildman–Crippen LogP) is 3.01. The number of rotatable bonds is 8. The number of hydrogen-bond acceptors (Lipinski definition) is 8. The van der Waals surface area contributed by atoms with Crippen molar-refractivity contribution >= 4 is 46.8 Å². The minimum atomic E-state index is -0.788. The third-order valence-electron chi connectivity index (χ3n) is 6.88. The first kappa shape index (κ1) is 29.1. The van der Waals surface area contributed by atoms with Crippen molar-refractivity contribution in [2.75, 3.05) is 47.4 Å². The average molecular weight is 595 g/mol. The minimum Gasteiger partial charge on any atom is -0.442 e. The Balaban J connectivity index is 1.23. The van der Waals surface area contributed by atoms with Gasteiger partial charge in [0, 0.05) is 35.0 Å². The number of anilines is 4. The molecule has 12 nitrogen and oxygen atoms in total. The molecule has 0 unspecified atom stereocenters. The lowest BCUT2D eigenvalue weighted by molar-refractivity contribution is -0.119. The first-order valence-corrected chi connectivity index (χ1v) is 13.2. The second-order valence-corrected chi connectivity index (χ2v) is 10.1. The number of carbonyl (C=O) groups is 4. The van der Waals surface area contributed by atoms with Crippen LogP contribution in [0.1, 0.15) is 17.3 Å². The summed E-state index contributed by atoms with van der Waals surface area (Å²) in [7, 11) is 0. The molecule has 2 heterocycles. The molecule has 43 heavy (non-hydrogen) atoms. The number of halogens is 2. The monoisotopic (exact) mass is 594 g/mol. The molecular formula is C29H28F2N6O6. The molecule has 0 aliphatic carbocycles. The molecule has 0 saturated carbocycles. The number of benzene rings is 3. The Bertz CT molecular complexity index is 1600. The molecule has 2 saturated heterocycles. The van der Waals surface area contributed by atoms with E-state index in [1.54, 1.807) is 0 Å². The van der Waals surface area contributed by atoms with Crippen molar-refractivity contribution in [3.05, 3.63) is 71.8 Å². The van der Waals surface area contributed by atoms with E-state index in [0.717, 1.165) is 12.1 Å². The number of nitrogens with one attached hydrogen (secondary N) is 2. The molecule has 2 fully saturated rings. The van der Waals surface area contributed by atoms with Crippen molar-refractivity contribution < 1.29 is 37.4 Å². The highest BCUT2D eigenvalue weighted by Gasteiger charge is 2.34. The van der Waals surface area contributed by atoms with E-state index < -0.39 is 41.9 Å². The molecule has 0 aromatic heterocycles. The van der Waals surface area contributed by atoms with E-state index in [0.29, 0.717) is 11.4 Å². The normalized spacial score (nSPS) is 17.9. The Morgan fingerprint density at radius 1 is 0.791 bits per heavy atom. The van der Waals surface area contributed by atoms with Gasteiger partial charge in [0.05, 0.1) is 37.6 Å². The molecule has 0 radical (unpaired) electrons. The lowest BCUT2D eigenvalue weighted by atomic mass is 10.0. The number of carbonyl (C=O) groups excluding carboxylic acids is 4. The second kappa shape index (κ2) is 11.8. The van der Waals surface area contributed by atoms with Gasteiger partial charge in [-0.05, 0) is 54.6 Å². The van der Waals surface area contributed by atoms with Crippen LogP contribution in [-0.4, -0.2) is 62.4 Å². The number of nitrogen functional groups attached to an aromatic ring is 2. The van der Waals surface area contributed by atoms with E-state index in [2.05, 4.69) is 10.6 Å². The van der Waals surface area contributed by atoms with Gasteiger partial charge in [-0.1, -0.05) is 0 Å². The first-order chi connectivity index (χ1) is 20.5. The molecule has 2 aliphatic heterocycles. The van der Waals surface area contributed by atoms with Crippen molar-refractivity contribution in [1.29, 1.82) is 0 Å². The topological polar surface area (TPSA) is 169 Å².